The molecular formula is C7H15NO2. The average Bonchev–Trinajstić information content (AvgIpc) is 1.99. The number of likely N-dealkylation sites (N-methyl/N-ethyl adjacent to an activating group) is 1. The zero-order valence-corrected chi connectivity index (χ0v) is 6.50. The van der Waals surface area contributed by atoms with Crippen LogP contribution in [0.4, 0.5) is 0 Å². The second-order valence-electron chi connectivity index (χ2n) is 2.08. The van der Waals surface area contributed by atoms with Gasteiger partial charge in [0.25, 0.3) is 0 Å². The highest BCUT2D eigenvalue weighted by atomic mass is 16.5. The fraction of sp³-hybridized carbons (Fsp3) is 0.714. The Morgan fingerprint density at radius 2 is 2.40 bits per heavy atom. The van der Waals surface area contributed by atoms with Crippen molar-refractivity contribution in [2.24, 2.45) is 0 Å². The van der Waals surface area contributed by atoms with Gasteiger partial charge in [0.15, 0.2) is 0 Å². The lowest BCUT2D eigenvalue weighted by molar-refractivity contribution is 0.0997. The van der Waals surface area contributed by atoms with Gasteiger partial charge in [-0.25, -0.2) is 0 Å². The fourth-order valence-electron chi connectivity index (χ4n) is 0.697. The van der Waals surface area contributed by atoms with E-state index in [4.69, 9.17) is 4.74 Å². The summed E-state index contributed by atoms with van der Waals surface area (Å²) in [5, 5.41) is 12.1. The van der Waals surface area contributed by atoms with Crippen LogP contribution in [0, 0.1) is 0 Å². The molecule has 0 aliphatic rings. The van der Waals surface area contributed by atoms with Crippen molar-refractivity contribution in [3.63, 3.8) is 0 Å². The zero-order chi connectivity index (χ0) is 7.98. The van der Waals surface area contributed by atoms with Crippen molar-refractivity contribution in [3.05, 3.63) is 12.7 Å². The second kappa shape index (κ2) is 5.41. The van der Waals surface area contributed by atoms with Crippen LogP contribution < -0.4 is 5.32 Å². The molecule has 0 spiro atoms. The van der Waals surface area contributed by atoms with Crippen molar-refractivity contribution in [2.45, 2.75) is 12.1 Å². The summed E-state index contributed by atoms with van der Waals surface area (Å²) in [5.41, 5.74) is 0. The Balaban J connectivity index is 3.67. The highest BCUT2D eigenvalue weighted by molar-refractivity contribution is 4.87. The summed E-state index contributed by atoms with van der Waals surface area (Å²) in [6.45, 7) is 3.96. The van der Waals surface area contributed by atoms with E-state index in [-0.39, 0.29) is 6.04 Å². The topological polar surface area (TPSA) is 41.5 Å². The van der Waals surface area contributed by atoms with Crippen LogP contribution in [0.1, 0.15) is 0 Å². The quantitative estimate of drug-likeness (QED) is 0.525. The summed E-state index contributed by atoms with van der Waals surface area (Å²) in [6, 6.07) is -0.0532. The van der Waals surface area contributed by atoms with Gasteiger partial charge < -0.3 is 15.2 Å². The standard InChI is InChI=1S/C7H15NO2/c1-4-7(9)6(8-2)5-10-3/h4,6-9H,1,5H2,2-3H3. The number of ether oxygens (including phenoxy) is 1. The summed E-state index contributed by atoms with van der Waals surface area (Å²) in [5.74, 6) is 0. The van der Waals surface area contributed by atoms with Crippen molar-refractivity contribution in [1.29, 1.82) is 0 Å². The predicted octanol–water partition coefficient (Wildman–Crippen LogP) is -0.232. The van der Waals surface area contributed by atoms with Gasteiger partial charge in [-0.05, 0) is 7.05 Å². The number of methoxy groups -OCH3 is 1. The molecule has 0 radical (unpaired) electrons. The maximum atomic E-state index is 9.19. The SMILES string of the molecule is C=CC(O)C(COC)NC. The van der Waals surface area contributed by atoms with E-state index in [1.54, 1.807) is 14.2 Å². The smallest absolute Gasteiger partial charge is 0.0893 e. The van der Waals surface area contributed by atoms with Crippen LogP contribution in [0.3, 0.4) is 0 Å². The third kappa shape index (κ3) is 2.96. The number of aliphatic hydroxyl groups is 1. The molecule has 0 aromatic carbocycles. The third-order valence-electron chi connectivity index (χ3n) is 1.37. The molecule has 0 saturated heterocycles. The second-order valence-corrected chi connectivity index (χ2v) is 2.08. The molecule has 2 unspecified atom stereocenters. The fourth-order valence-corrected chi connectivity index (χ4v) is 0.697. The van der Waals surface area contributed by atoms with Gasteiger partial charge >= 0.3 is 0 Å². The number of nitrogens with one attached hydrogen (secondary N) is 1. The highest BCUT2D eigenvalue weighted by Gasteiger charge is 2.12. The summed E-state index contributed by atoms with van der Waals surface area (Å²) in [7, 11) is 3.37. The minimum atomic E-state index is -0.537. The monoisotopic (exact) mass is 145 g/mol. The van der Waals surface area contributed by atoms with Crippen LogP contribution in [-0.4, -0.2) is 38.0 Å². The normalized spacial score (nSPS) is 16.3. The average molecular weight is 145 g/mol. The molecule has 0 aromatic rings. The van der Waals surface area contributed by atoms with Gasteiger partial charge in [-0.3, -0.25) is 0 Å². The van der Waals surface area contributed by atoms with Crippen LogP contribution in [0.25, 0.3) is 0 Å². The van der Waals surface area contributed by atoms with Gasteiger partial charge in [-0.1, -0.05) is 6.08 Å². The van der Waals surface area contributed by atoms with Crippen LogP contribution in [0.5, 0.6) is 0 Å². The van der Waals surface area contributed by atoms with E-state index < -0.39 is 6.10 Å². The van der Waals surface area contributed by atoms with Gasteiger partial charge in [0, 0.05) is 7.11 Å². The van der Waals surface area contributed by atoms with E-state index >= 15 is 0 Å². The van der Waals surface area contributed by atoms with Crippen molar-refractivity contribution in [3.8, 4) is 0 Å². The molecule has 0 heterocycles. The van der Waals surface area contributed by atoms with Crippen LogP contribution in [0.15, 0.2) is 12.7 Å². The number of rotatable bonds is 5. The van der Waals surface area contributed by atoms with Crippen molar-refractivity contribution >= 4 is 0 Å². The molecular weight excluding hydrogens is 130 g/mol. The molecule has 0 amide bonds. The molecule has 0 rings (SSSR count). The van der Waals surface area contributed by atoms with Gasteiger partial charge in [0.05, 0.1) is 18.8 Å². The van der Waals surface area contributed by atoms with Gasteiger partial charge in [-0.2, -0.15) is 0 Å². The Bertz CT molecular complexity index is 95.6. The maximum Gasteiger partial charge on any atom is 0.0893 e. The Morgan fingerprint density at radius 1 is 1.80 bits per heavy atom. The van der Waals surface area contributed by atoms with E-state index in [9.17, 15) is 5.11 Å². The molecule has 0 aliphatic heterocycles. The highest BCUT2D eigenvalue weighted by Crippen LogP contribution is 1.93. The summed E-state index contributed by atoms with van der Waals surface area (Å²) in [4.78, 5) is 0. The first kappa shape index (κ1) is 9.62. The van der Waals surface area contributed by atoms with E-state index in [0.717, 1.165) is 0 Å². The molecule has 0 aliphatic carbocycles. The van der Waals surface area contributed by atoms with E-state index in [2.05, 4.69) is 11.9 Å². The lowest BCUT2D eigenvalue weighted by Gasteiger charge is -2.17. The summed E-state index contributed by atoms with van der Waals surface area (Å²) >= 11 is 0. The van der Waals surface area contributed by atoms with Crippen LogP contribution in [0.2, 0.25) is 0 Å². The lowest BCUT2D eigenvalue weighted by atomic mass is 10.2. The molecule has 0 aromatic heterocycles. The van der Waals surface area contributed by atoms with Crippen molar-refractivity contribution in [1.82, 2.24) is 5.32 Å². The Kier molecular flexibility index (Phi) is 5.20. The van der Waals surface area contributed by atoms with Crippen LogP contribution in [-0.2, 0) is 4.74 Å². The first-order chi connectivity index (χ1) is 4.76. The largest absolute Gasteiger partial charge is 0.387 e. The minimum Gasteiger partial charge on any atom is -0.387 e. The molecule has 2 N–H and O–H groups in total. The Hall–Kier alpha value is -0.380. The molecule has 0 bridgehead atoms. The first-order valence-corrected chi connectivity index (χ1v) is 3.23. The zero-order valence-electron chi connectivity index (χ0n) is 6.50. The summed E-state index contributed by atoms with van der Waals surface area (Å²) in [6.07, 6.45) is 0.949. The Morgan fingerprint density at radius 3 is 2.70 bits per heavy atom. The number of aliphatic hydroxyl groups excluding tert-OH is 1. The molecule has 0 saturated carbocycles. The molecule has 0 fully saturated rings. The molecule has 60 valence electrons. The van der Waals surface area contributed by atoms with Crippen molar-refractivity contribution in [2.75, 3.05) is 20.8 Å². The minimum absolute atomic E-state index is 0.0532. The van der Waals surface area contributed by atoms with Crippen molar-refractivity contribution < 1.29 is 9.84 Å². The van der Waals surface area contributed by atoms with E-state index in [0.29, 0.717) is 6.61 Å². The molecule has 2 atom stereocenters. The molecule has 10 heavy (non-hydrogen) atoms. The first-order valence-electron chi connectivity index (χ1n) is 3.23. The van der Waals surface area contributed by atoms with Gasteiger partial charge in [-0.15, -0.1) is 6.58 Å². The van der Waals surface area contributed by atoms with Crippen LogP contribution >= 0.6 is 0 Å². The number of hydrogen-bond donors (Lipinski definition) is 2. The third-order valence-corrected chi connectivity index (χ3v) is 1.37. The van der Waals surface area contributed by atoms with Gasteiger partial charge in [0.1, 0.15) is 0 Å². The predicted molar refractivity (Wildman–Crippen MR) is 40.9 cm³/mol. The Labute approximate surface area is 61.7 Å². The van der Waals surface area contributed by atoms with Gasteiger partial charge in [0.2, 0.25) is 0 Å². The van der Waals surface area contributed by atoms with E-state index in [1.807, 2.05) is 0 Å². The maximum absolute atomic E-state index is 9.19. The molecule has 3 heteroatoms. The van der Waals surface area contributed by atoms with E-state index in [1.165, 1.54) is 6.08 Å². The summed E-state index contributed by atoms with van der Waals surface area (Å²) < 4.78 is 4.85. The number of hydrogen-bond acceptors (Lipinski definition) is 3. The molecule has 3 nitrogen and oxygen atoms in total. The lowest BCUT2D eigenvalue weighted by Crippen LogP contribution is -2.39.